The Hall–Kier alpha value is -2.35. The molecule has 0 unspecified atom stereocenters. The van der Waals surface area contributed by atoms with Gasteiger partial charge in [-0.3, -0.25) is 4.79 Å². The highest BCUT2D eigenvalue weighted by atomic mass is 16.5. The number of nitrogens with one attached hydrogen (secondary N) is 1. The van der Waals surface area contributed by atoms with E-state index in [9.17, 15) is 9.59 Å². The minimum atomic E-state index is -0.828. The lowest BCUT2D eigenvalue weighted by molar-refractivity contribution is -0.134. The summed E-state index contributed by atoms with van der Waals surface area (Å²) in [7, 11) is 0. The fourth-order valence-electron chi connectivity index (χ4n) is 5.59. The Balaban J connectivity index is 1.37. The Bertz CT molecular complexity index is 727. The molecule has 4 aliphatic rings. The summed E-state index contributed by atoms with van der Waals surface area (Å²) in [6.07, 6.45) is 6.34. The van der Waals surface area contributed by atoms with E-state index in [4.69, 9.17) is 10.00 Å². The average molecular weight is 352 g/mol. The molecule has 4 aliphatic carbocycles. The maximum Gasteiger partial charge on any atom is 0.338 e. The van der Waals surface area contributed by atoms with E-state index in [1.807, 2.05) is 6.07 Å². The number of carbonyl (C=O) groups excluding carboxylic acids is 2. The zero-order chi connectivity index (χ0) is 18.3. The SMILES string of the molecule is C[C@@H](OC(=O)c1ccc(C#N)cc1)C(=O)NC12CC3CC(CC(C3)C1)C2. The molecule has 0 saturated heterocycles. The van der Waals surface area contributed by atoms with Crippen molar-refractivity contribution >= 4 is 11.9 Å². The van der Waals surface area contributed by atoms with Crippen molar-refractivity contribution in [3.63, 3.8) is 0 Å². The van der Waals surface area contributed by atoms with E-state index in [2.05, 4.69) is 5.32 Å². The molecule has 5 heteroatoms. The number of rotatable bonds is 4. The maximum atomic E-state index is 12.7. The number of hydrogen-bond donors (Lipinski definition) is 1. The monoisotopic (exact) mass is 352 g/mol. The van der Waals surface area contributed by atoms with Crippen LogP contribution >= 0.6 is 0 Å². The van der Waals surface area contributed by atoms with Crippen molar-refractivity contribution in [1.29, 1.82) is 5.26 Å². The van der Waals surface area contributed by atoms with Crippen LogP contribution in [0.3, 0.4) is 0 Å². The Morgan fingerprint density at radius 1 is 1.12 bits per heavy atom. The van der Waals surface area contributed by atoms with Crippen molar-refractivity contribution in [2.45, 2.75) is 57.1 Å². The third kappa shape index (κ3) is 3.21. The molecule has 26 heavy (non-hydrogen) atoms. The van der Waals surface area contributed by atoms with Crippen LogP contribution in [0.2, 0.25) is 0 Å². The van der Waals surface area contributed by atoms with E-state index < -0.39 is 12.1 Å². The quantitative estimate of drug-likeness (QED) is 0.844. The van der Waals surface area contributed by atoms with Crippen LogP contribution in [-0.2, 0) is 9.53 Å². The summed E-state index contributed by atoms with van der Waals surface area (Å²) in [6.45, 7) is 1.62. The molecule has 4 bridgehead atoms. The number of hydrogen-bond acceptors (Lipinski definition) is 4. The van der Waals surface area contributed by atoms with E-state index in [0.717, 1.165) is 37.0 Å². The topological polar surface area (TPSA) is 79.2 Å². The summed E-state index contributed by atoms with van der Waals surface area (Å²) in [4.78, 5) is 24.9. The zero-order valence-corrected chi connectivity index (χ0v) is 15.0. The second-order valence-electron chi connectivity index (χ2n) is 8.42. The second-order valence-corrected chi connectivity index (χ2v) is 8.42. The smallest absolute Gasteiger partial charge is 0.338 e. The van der Waals surface area contributed by atoms with Gasteiger partial charge >= 0.3 is 5.97 Å². The van der Waals surface area contributed by atoms with E-state index in [1.165, 1.54) is 19.3 Å². The van der Waals surface area contributed by atoms with Crippen LogP contribution in [0.1, 0.15) is 61.4 Å². The Morgan fingerprint density at radius 2 is 1.65 bits per heavy atom. The second kappa shape index (κ2) is 6.42. The molecule has 5 nitrogen and oxygen atoms in total. The van der Waals surface area contributed by atoms with Gasteiger partial charge < -0.3 is 10.1 Å². The van der Waals surface area contributed by atoms with Crippen molar-refractivity contribution < 1.29 is 14.3 Å². The summed E-state index contributed by atoms with van der Waals surface area (Å²) in [5.41, 5.74) is 0.744. The van der Waals surface area contributed by atoms with Gasteiger partial charge in [0.1, 0.15) is 0 Å². The molecule has 1 atom stereocenters. The van der Waals surface area contributed by atoms with E-state index in [1.54, 1.807) is 31.2 Å². The summed E-state index contributed by atoms with van der Waals surface area (Å²) in [5.74, 6) is 1.51. The van der Waals surface area contributed by atoms with Crippen molar-refractivity contribution in [2.75, 3.05) is 0 Å². The van der Waals surface area contributed by atoms with E-state index in [0.29, 0.717) is 11.1 Å². The van der Waals surface area contributed by atoms with Crippen LogP contribution in [0.25, 0.3) is 0 Å². The van der Waals surface area contributed by atoms with Crippen LogP contribution in [0.15, 0.2) is 24.3 Å². The minimum absolute atomic E-state index is 0.0824. The predicted molar refractivity (Wildman–Crippen MR) is 95.1 cm³/mol. The molecule has 1 aromatic carbocycles. The van der Waals surface area contributed by atoms with Gasteiger partial charge in [0, 0.05) is 5.54 Å². The first-order valence-corrected chi connectivity index (χ1v) is 9.49. The van der Waals surface area contributed by atoms with Crippen LogP contribution in [0.5, 0.6) is 0 Å². The standard InChI is InChI=1S/C21H24N2O3/c1-13(26-20(25)18-4-2-14(12-22)3-5-18)19(24)23-21-9-15-6-16(10-21)8-17(7-15)11-21/h2-5,13,15-17H,6-11H2,1H3,(H,23,24)/t13-,15?,16?,17?,21?/m1/s1. The van der Waals surface area contributed by atoms with Crippen molar-refractivity contribution in [3.8, 4) is 6.07 Å². The predicted octanol–water partition coefficient (Wildman–Crippen LogP) is 3.19. The van der Waals surface area contributed by atoms with Gasteiger partial charge in [-0.1, -0.05) is 0 Å². The molecule has 0 aromatic heterocycles. The Labute approximate surface area is 153 Å². The lowest BCUT2D eigenvalue weighted by Crippen LogP contribution is -2.61. The van der Waals surface area contributed by atoms with E-state index >= 15 is 0 Å². The van der Waals surface area contributed by atoms with Gasteiger partial charge in [0.2, 0.25) is 0 Å². The first-order valence-electron chi connectivity index (χ1n) is 9.49. The Kier molecular flexibility index (Phi) is 4.22. The number of ether oxygens (including phenoxy) is 1. The molecule has 1 amide bonds. The molecule has 4 fully saturated rings. The highest BCUT2D eigenvalue weighted by molar-refractivity contribution is 5.92. The average Bonchev–Trinajstić information content (AvgIpc) is 2.60. The number of amides is 1. The first-order chi connectivity index (χ1) is 12.5. The number of benzene rings is 1. The van der Waals surface area contributed by atoms with Crippen LogP contribution in [0, 0.1) is 29.1 Å². The van der Waals surface area contributed by atoms with Gasteiger partial charge in [-0.15, -0.1) is 0 Å². The van der Waals surface area contributed by atoms with Crippen LogP contribution < -0.4 is 5.32 Å². The molecule has 4 saturated carbocycles. The third-order valence-electron chi connectivity index (χ3n) is 6.33. The molecule has 0 heterocycles. The molecular formula is C21H24N2O3. The van der Waals surface area contributed by atoms with Gasteiger partial charge in [0.25, 0.3) is 5.91 Å². The van der Waals surface area contributed by atoms with Crippen molar-refractivity contribution in [3.05, 3.63) is 35.4 Å². The number of nitriles is 1. The van der Waals surface area contributed by atoms with Gasteiger partial charge in [-0.25, -0.2) is 4.79 Å². The summed E-state index contributed by atoms with van der Waals surface area (Å²) >= 11 is 0. The normalized spacial score (nSPS) is 32.5. The first kappa shape index (κ1) is 17.1. The van der Waals surface area contributed by atoms with Crippen molar-refractivity contribution in [1.82, 2.24) is 5.32 Å². The summed E-state index contributed by atoms with van der Waals surface area (Å²) < 4.78 is 5.35. The lowest BCUT2D eigenvalue weighted by Gasteiger charge is -2.57. The molecule has 1 aromatic rings. The molecule has 136 valence electrons. The molecule has 0 radical (unpaired) electrons. The number of esters is 1. The number of nitrogens with zero attached hydrogens (tertiary/aromatic N) is 1. The highest BCUT2D eigenvalue weighted by Gasteiger charge is 2.51. The molecular weight excluding hydrogens is 328 g/mol. The summed E-state index contributed by atoms with van der Waals surface area (Å²) in [6, 6.07) is 8.23. The molecule has 5 rings (SSSR count). The van der Waals surface area contributed by atoms with Gasteiger partial charge in [-0.2, -0.15) is 5.26 Å². The minimum Gasteiger partial charge on any atom is -0.449 e. The summed E-state index contributed by atoms with van der Waals surface area (Å²) in [5, 5.41) is 12.1. The van der Waals surface area contributed by atoms with Gasteiger partial charge in [0.05, 0.1) is 17.2 Å². The van der Waals surface area contributed by atoms with Gasteiger partial charge in [0.15, 0.2) is 6.10 Å². The molecule has 0 spiro atoms. The number of carbonyl (C=O) groups is 2. The molecule has 1 N–H and O–H groups in total. The Morgan fingerprint density at radius 3 is 2.15 bits per heavy atom. The largest absolute Gasteiger partial charge is 0.449 e. The van der Waals surface area contributed by atoms with E-state index in [-0.39, 0.29) is 11.4 Å². The van der Waals surface area contributed by atoms with Gasteiger partial charge in [-0.05, 0) is 87.5 Å². The maximum absolute atomic E-state index is 12.7. The van der Waals surface area contributed by atoms with Crippen LogP contribution in [0.4, 0.5) is 0 Å². The third-order valence-corrected chi connectivity index (χ3v) is 6.33. The highest BCUT2D eigenvalue weighted by Crippen LogP contribution is 2.55. The lowest BCUT2D eigenvalue weighted by atomic mass is 9.53. The molecule has 0 aliphatic heterocycles. The van der Waals surface area contributed by atoms with Crippen molar-refractivity contribution in [2.24, 2.45) is 17.8 Å². The van der Waals surface area contributed by atoms with Crippen LogP contribution in [-0.4, -0.2) is 23.5 Å². The fourth-order valence-corrected chi connectivity index (χ4v) is 5.59. The fraction of sp³-hybridized carbons (Fsp3) is 0.571. The zero-order valence-electron chi connectivity index (χ0n) is 15.0.